The predicted octanol–water partition coefficient (Wildman–Crippen LogP) is 5.42. The zero-order valence-corrected chi connectivity index (χ0v) is 20.8. The van der Waals surface area contributed by atoms with Gasteiger partial charge in [-0.2, -0.15) is 4.39 Å². The number of nitrogens with zero attached hydrogens (tertiary/aromatic N) is 1. The Morgan fingerprint density at radius 1 is 1.16 bits per heavy atom. The van der Waals surface area contributed by atoms with Crippen LogP contribution in [0.15, 0.2) is 35.3 Å². The molecule has 1 spiro atoms. The molecule has 2 aliphatic carbocycles. The number of nitrogens with one attached hydrogen (secondary N) is 2. The molecule has 3 aromatic rings. The number of carbonyl (C=O) groups excluding carboxylic acids is 1. The van der Waals surface area contributed by atoms with Gasteiger partial charge in [-0.3, -0.25) is 14.6 Å². The summed E-state index contributed by atoms with van der Waals surface area (Å²) in [6.45, 7) is 5.40. The van der Waals surface area contributed by atoms with Gasteiger partial charge in [-0.1, -0.05) is 6.07 Å². The van der Waals surface area contributed by atoms with Crippen LogP contribution in [0.5, 0.6) is 5.75 Å². The first-order valence-corrected chi connectivity index (χ1v) is 12.0. The van der Waals surface area contributed by atoms with Gasteiger partial charge in [-0.15, -0.1) is 0 Å². The zero-order valence-electron chi connectivity index (χ0n) is 20.8. The summed E-state index contributed by atoms with van der Waals surface area (Å²) in [4.78, 5) is 33.4. The summed E-state index contributed by atoms with van der Waals surface area (Å²) < 4.78 is 62.7. The number of rotatable bonds is 4. The second-order valence-electron chi connectivity index (χ2n) is 11.1. The molecule has 3 atom stereocenters. The number of aromatic amines is 1. The average molecular weight is 518 g/mol. The number of alkyl halides is 2. The first-order chi connectivity index (χ1) is 17.3. The third kappa shape index (κ3) is 4.16. The Labute approximate surface area is 210 Å². The Bertz CT molecular complexity index is 1480. The minimum Gasteiger partial charge on any atom is -0.493 e. The maximum atomic E-state index is 14.6. The molecule has 2 aliphatic rings. The standard InChI is InChI=1S/C27H27F4N3O3/c1-25(2,3)34-24(36)22-20-17(7-8-32-22)33-18(9-19(20)35)15-11-26(12-27(26,30)31)10-14(15)13-5-6-16(28)21(29)23(13)37-4/h5-9,14-15H,10-12H2,1-4H3,(H,33,35)(H,34,36)/t14-,15+,26-/m0/s1. The number of halogens is 4. The summed E-state index contributed by atoms with van der Waals surface area (Å²) in [5.74, 6) is -7.29. The topological polar surface area (TPSA) is 84.1 Å². The van der Waals surface area contributed by atoms with Crippen LogP contribution in [0, 0.1) is 17.0 Å². The van der Waals surface area contributed by atoms with Gasteiger partial charge in [0.25, 0.3) is 11.8 Å². The van der Waals surface area contributed by atoms with E-state index in [0.717, 1.165) is 6.07 Å². The number of H-pyrrole nitrogens is 1. The van der Waals surface area contributed by atoms with Crippen molar-refractivity contribution in [1.29, 1.82) is 0 Å². The summed E-state index contributed by atoms with van der Waals surface area (Å²) in [5, 5.41) is 2.87. The summed E-state index contributed by atoms with van der Waals surface area (Å²) in [6.07, 6.45) is 1.16. The lowest BCUT2D eigenvalue weighted by Crippen LogP contribution is -2.41. The number of benzene rings is 1. The molecule has 0 aliphatic heterocycles. The molecule has 2 aromatic heterocycles. The number of hydrogen-bond donors (Lipinski definition) is 2. The van der Waals surface area contributed by atoms with E-state index in [1.54, 1.807) is 20.8 Å². The molecule has 0 radical (unpaired) electrons. The van der Waals surface area contributed by atoms with Gasteiger partial charge in [0.15, 0.2) is 17.0 Å². The maximum absolute atomic E-state index is 14.6. The first-order valence-electron chi connectivity index (χ1n) is 12.0. The van der Waals surface area contributed by atoms with Crippen molar-refractivity contribution in [2.24, 2.45) is 5.41 Å². The minimum absolute atomic E-state index is 0.0295. The molecule has 0 unspecified atom stereocenters. The van der Waals surface area contributed by atoms with E-state index in [1.807, 2.05) is 0 Å². The Balaban J connectivity index is 1.62. The largest absolute Gasteiger partial charge is 0.493 e. The molecule has 2 fully saturated rings. The quantitative estimate of drug-likeness (QED) is 0.453. The smallest absolute Gasteiger partial charge is 0.271 e. The minimum atomic E-state index is -2.88. The molecule has 0 saturated heterocycles. The van der Waals surface area contributed by atoms with E-state index in [0.29, 0.717) is 11.2 Å². The predicted molar refractivity (Wildman–Crippen MR) is 129 cm³/mol. The fraction of sp³-hybridized carbons (Fsp3) is 0.444. The monoisotopic (exact) mass is 517 g/mol. The molecule has 6 nitrogen and oxygen atoms in total. The van der Waals surface area contributed by atoms with Crippen LogP contribution in [0.4, 0.5) is 17.6 Å². The van der Waals surface area contributed by atoms with Gasteiger partial charge in [-0.25, -0.2) is 13.2 Å². The number of carbonyl (C=O) groups is 1. The number of fused-ring (bicyclic) bond motifs is 1. The van der Waals surface area contributed by atoms with Gasteiger partial charge < -0.3 is 15.0 Å². The van der Waals surface area contributed by atoms with Crippen LogP contribution >= 0.6 is 0 Å². The summed E-state index contributed by atoms with van der Waals surface area (Å²) in [6, 6.07) is 5.14. The van der Waals surface area contributed by atoms with Crippen molar-refractivity contribution in [3.05, 3.63) is 69.3 Å². The van der Waals surface area contributed by atoms with E-state index < -0.39 is 51.7 Å². The Morgan fingerprint density at radius 2 is 1.84 bits per heavy atom. The van der Waals surface area contributed by atoms with Gasteiger partial charge >= 0.3 is 0 Å². The molecular weight excluding hydrogens is 490 g/mol. The average Bonchev–Trinajstić information content (AvgIpc) is 3.14. The third-order valence-electron chi connectivity index (χ3n) is 7.47. The van der Waals surface area contributed by atoms with Gasteiger partial charge in [-0.05, 0) is 51.7 Å². The van der Waals surface area contributed by atoms with Crippen LogP contribution in [0.25, 0.3) is 10.9 Å². The maximum Gasteiger partial charge on any atom is 0.271 e. The van der Waals surface area contributed by atoms with Crippen LogP contribution in [0.2, 0.25) is 0 Å². The molecule has 37 heavy (non-hydrogen) atoms. The number of pyridine rings is 2. The van der Waals surface area contributed by atoms with Crippen molar-refractivity contribution in [1.82, 2.24) is 15.3 Å². The van der Waals surface area contributed by atoms with Gasteiger partial charge in [0.1, 0.15) is 5.69 Å². The molecular formula is C27H27F4N3O3. The molecule has 0 bridgehead atoms. The summed E-state index contributed by atoms with van der Waals surface area (Å²) in [5.41, 5.74) is -1.41. The van der Waals surface area contributed by atoms with E-state index in [9.17, 15) is 27.2 Å². The van der Waals surface area contributed by atoms with Crippen LogP contribution in [-0.2, 0) is 0 Å². The first kappa shape index (κ1) is 25.2. The Hall–Kier alpha value is -3.43. The van der Waals surface area contributed by atoms with Gasteiger partial charge in [0.2, 0.25) is 5.82 Å². The van der Waals surface area contributed by atoms with Crippen molar-refractivity contribution in [2.75, 3.05) is 7.11 Å². The molecule has 2 heterocycles. The van der Waals surface area contributed by atoms with Crippen molar-refractivity contribution >= 4 is 16.8 Å². The van der Waals surface area contributed by atoms with Gasteiger partial charge in [0.05, 0.1) is 18.0 Å². The van der Waals surface area contributed by atoms with Gasteiger partial charge in [0, 0.05) is 46.8 Å². The molecule has 10 heteroatoms. The normalized spacial score (nSPS) is 24.4. The van der Waals surface area contributed by atoms with E-state index in [2.05, 4.69) is 15.3 Å². The summed E-state index contributed by atoms with van der Waals surface area (Å²) in [7, 11) is 1.20. The molecule has 5 rings (SSSR count). The highest BCUT2D eigenvalue weighted by Crippen LogP contribution is 2.74. The van der Waals surface area contributed by atoms with E-state index in [-0.39, 0.29) is 41.7 Å². The van der Waals surface area contributed by atoms with Crippen molar-refractivity contribution in [3.63, 3.8) is 0 Å². The number of aromatic nitrogens is 2. The zero-order chi connectivity index (χ0) is 26.9. The van der Waals surface area contributed by atoms with Crippen LogP contribution in [0.1, 0.15) is 73.6 Å². The Kier molecular flexibility index (Phi) is 5.65. The number of ether oxygens (including phenoxy) is 1. The second-order valence-corrected chi connectivity index (χ2v) is 11.1. The molecule has 1 amide bonds. The number of methoxy groups -OCH3 is 1. The number of hydrogen-bond acceptors (Lipinski definition) is 4. The molecule has 1 aromatic carbocycles. The van der Waals surface area contributed by atoms with Crippen molar-refractivity contribution in [3.8, 4) is 5.75 Å². The molecule has 2 saturated carbocycles. The highest BCUT2D eigenvalue weighted by molar-refractivity contribution is 6.04. The number of amides is 1. The second kappa shape index (κ2) is 8.29. The van der Waals surface area contributed by atoms with E-state index >= 15 is 0 Å². The highest BCUT2D eigenvalue weighted by atomic mass is 19.3. The fourth-order valence-electron chi connectivity index (χ4n) is 5.73. The molecule has 196 valence electrons. The van der Waals surface area contributed by atoms with Crippen LogP contribution < -0.4 is 15.5 Å². The summed E-state index contributed by atoms with van der Waals surface area (Å²) >= 11 is 0. The lowest BCUT2D eigenvalue weighted by atomic mass is 9.85. The highest BCUT2D eigenvalue weighted by Gasteiger charge is 2.74. The Morgan fingerprint density at radius 3 is 2.46 bits per heavy atom. The van der Waals surface area contributed by atoms with Crippen molar-refractivity contribution < 1.29 is 27.1 Å². The third-order valence-corrected chi connectivity index (χ3v) is 7.47. The van der Waals surface area contributed by atoms with Crippen molar-refractivity contribution in [2.45, 2.75) is 63.3 Å². The van der Waals surface area contributed by atoms with Crippen LogP contribution in [0.3, 0.4) is 0 Å². The lowest BCUT2D eigenvalue weighted by Gasteiger charge is -2.23. The van der Waals surface area contributed by atoms with Crippen LogP contribution in [-0.4, -0.2) is 34.4 Å². The lowest BCUT2D eigenvalue weighted by molar-refractivity contribution is 0.0649. The molecule has 2 N–H and O–H groups in total. The SMILES string of the molecule is COc1c([C@@H]2C[C@]3(C[C@H]2c2cc(=O)c4c(C(=O)NC(C)(C)C)nccc4[nH]2)CC3(F)F)ccc(F)c1F. The van der Waals surface area contributed by atoms with E-state index in [4.69, 9.17) is 4.74 Å². The van der Waals surface area contributed by atoms with E-state index in [1.165, 1.54) is 31.5 Å². The fourth-order valence-corrected chi connectivity index (χ4v) is 5.73.